The van der Waals surface area contributed by atoms with E-state index in [2.05, 4.69) is 13.5 Å². The minimum absolute atomic E-state index is 0.0524. The van der Waals surface area contributed by atoms with E-state index in [0.717, 1.165) is 32.1 Å². The maximum atomic E-state index is 14.0. The third-order valence-electron chi connectivity index (χ3n) is 4.32. The van der Waals surface area contributed by atoms with Crippen LogP contribution in [0.1, 0.15) is 56.1 Å². The highest BCUT2D eigenvalue weighted by molar-refractivity contribution is 5.57. The number of hydrogen-bond acceptors (Lipinski definition) is 1. The van der Waals surface area contributed by atoms with Gasteiger partial charge in [0, 0.05) is 5.56 Å². The lowest BCUT2D eigenvalue weighted by atomic mass is 9.77. The SMILES string of the molecule is C=Cc1cc([C@H]2CC[C@H](CC)CC2)c(F)c(F)c1O. The molecule has 0 aliphatic heterocycles. The number of aromatic hydroxyl groups is 1. The fourth-order valence-corrected chi connectivity index (χ4v) is 2.99. The molecule has 0 radical (unpaired) electrons. The lowest BCUT2D eigenvalue weighted by Gasteiger charge is -2.28. The van der Waals surface area contributed by atoms with Gasteiger partial charge in [0.15, 0.2) is 11.6 Å². The molecule has 104 valence electrons. The molecule has 0 saturated heterocycles. The third kappa shape index (κ3) is 2.65. The van der Waals surface area contributed by atoms with Crippen LogP contribution in [0.25, 0.3) is 6.08 Å². The van der Waals surface area contributed by atoms with Crippen LogP contribution < -0.4 is 0 Å². The Bertz CT molecular complexity index is 474. The smallest absolute Gasteiger partial charge is 0.201 e. The zero-order chi connectivity index (χ0) is 14.0. The summed E-state index contributed by atoms with van der Waals surface area (Å²) < 4.78 is 27.6. The number of phenols is 1. The highest BCUT2D eigenvalue weighted by Crippen LogP contribution is 2.40. The van der Waals surface area contributed by atoms with Gasteiger partial charge in [-0.15, -0.1) is 0 Å². The zero-order valence-corrected chi connectivity index (χ0v) is 11.3. The molecule has 2 rings (SSSR count). The van der Waals surface area contributed by atoms with E-state index in [0.29, 0.717) is 11.5 Å². The fraction of sp³-hybridized carbons (Fsp3) is 0.500. The predicted octanol–water partition coefficient (Wildman–Crippen LogP) is 5.00. The number of benzene rings is 1. The van der Waals surface area contributed by atoms with Crippen molar-refractivity contribution in [3.05, 3.63) is 35.4 Å². The molecule has 1 aliphatic carbocycles. The predicted molar refractivity (Wildman–Crippen MR) is 73.1 cm³/mol. The van der Waals surface area contributed by atoms with Crippen LogP contribution in [0.5, 0.6) is 5.75 Å². The monoisotopic (exact) mass is 266 g/mol. The van der Waals surface area contributed by atoms with Gasteiger partial charge >= 0.3 is 0 Å². The molecule has 0 spiro atoms. The maximum Gasteiger partial charge on any atom is 0.201 e. The normalized spacial score (nSPS) is 23.3. The van der Waals surface area contributed by atoms with Crippen molar-refractivity contribution in [1.82, 2.24) is 0 Å². The molecule has 1 fully saturated rings. The summed E-state index contributed by atoms with van der Waals surface area (Å²) >= 11 is 0. The van der Waals surface area contributed by atoms with Crippen LogP contribution in [-0.2, 0) is 0 Å². The molecule has 1 saturated carbocycles. The summed E-state index contributed by atoms with van der Waals surface area (Å²) in [7, 11) is 0. The largest absolute Gasteiger partial charge is 0.504 e. The van der Waals surface area contributed by atoms with Gasteiger partial charge in [-0.1, -0.05) is 26.0 Å². The molecule has 1 N–H and O–H groups in total. The number of hydrogen-bond donors (Lipinski definition) is 1. The van der Waals surface area contributed by atoms with Crippen LogP contribution >= 0.6 is 0 Å². The maximum absolute atomic E-state index is 14.0. The van der Waals surface area contributed by atoms with E-state index in [1.807, 2.05) is 0 Å². The van der Waals surface area contributed by atoms with Gasteiger partial charge in [0.2, 0.25) is 5.82 Å². The highest BCUT2D eigenvalue weighted by Gasteiger charge is 2.26. The molecule has 0 atom stereocenters. The third-order valence-corrected chi connectivity index (χ3v) is 4.32. The minimum atomic E-state index is -1.15. The van der Waals surface area contributed by atoms with Crippen molar-refractivity contribution in [2.45, 2.75) is 44.9 Å². The van der Waals surface area contributed by atoms with E-state index >= 15 is 0 Å². The summed E-state index contributed by atoms with van der Waals surface area (Å²) in [5.74, 6) is -1.93. The minimum Gasteiger partial charge on any atom is -0.504 e. The second kappa shape index (κ2) is 5.72. The molecule has 0 unspecified atom stereocenters. The number of halogens is 2. The molecule has 0 aromatic heterocycles. The number of phenolic OH excluding ortho intramolecular Hbond substituents is 1. The molecule has 1 aliphatic rings. The Morgan fingerprint density at radius 2 is 1.89 bits per heavy atom. The van der Waals surface area contributed by atoms with Crippen molar-refractivity contribution in [2.24, 2.45) is 5.92 Å². The molecule has 3 heteroatoms. The van der Waals surface area contributed by atoms with Crippen LogP contribution in [0.4, 0.5) is 8.78 Å². The van der Waals surface area contributed by atoms with Crippen molar-refractivity contribution in [2.75, 3.05) is 0 Å². The summed E-state index contributed by atoms with van der Waals surface area (Å²) in [4.78, 5) is 0. The Morgan fingerprint density at radius 1 is 1.26 bits per heavy atom. The van der Waals surface area contributed by atoms with Crippen molar-refractivity contribution >= 4 is 6.08 Å². The first kappa shape index (κ1) is 14.0. The highest BCUT2D eigenvalue weighted by atomic mass is 19.2. The first-order valence-electron chi connectivity index (χ1n) is 6.91. The van der Waals surface area contributed by atoms with Crippen LogP contribution in [-0.4, -0.2) is 5.11 Å². The van der Waals surface area contributed by atoms with Gasteiger partial charge in [-0.2, -0.15) is 4.39 Å². The molecular formula is C16H20F2O. The summed E-state index contributed by atoms with van der Waals surface area (Å²) in [6, 6.07) is 1.54. The van der Waals surface area contributed by atoms with E-state index in [-0.39, 0.29) is 11.5 Å². The Hall–Kier alpha value is -1.38. The van der Waals surface area contributed by atoms with Crippen molar-refractivity contribution < 1.29 is 13.9 Å². The average molecular weight is 266 g/mol. The van der Waals surface area contributed by atoms with E-state index in [1.54, 1.807) is 0 Å². The first-order chi connectivity index (χ1) is 9.08. The average Bonchev–Trinajstić information content (AvgIpc) is 2.45. The lowest BCUT2D eigenvalue weighted by Crippen LogP contribution is -2.14. The lowest BCUT2D eigenvalue weighted by molar-refractivity contribution is 0.311. The van der Waals surface area contributed by atoms with E-state index in [1.165, 1.54) is 12.1 Å². The molecule has 1 aromatic carbocycles. The quantitative estimate of drug-likeness (QED) is 0.816. The second-order valence-electron chi connectivity index (χ2n) is 5.36. The van der Waals surface area contributed by atoms with Crippen molar-refractivity contribution in [3.8, 4) is 5.75 Å². The molecule has 1 nitrogen and oxygen atoms in total. The van der Waals surface area contributed by atoms with E-state index < -0.39 is 17.4 Å². The molecule has 0 heterocycles. The van der Waals surface area contributed by atoms with Crippen LogP contribution in [0.2, 0.25) is 0 Å². The van der Waals surface area contributed by atoms with Gasteiger partial charge in [-0.3, -0.25) is 0 Å². The topological polar surface area (TPSA) is 20.2 Å². The van der Waals surface area contributed by atoms with E-state index in [4.69, 9.17) is 0 Å². The summed E-state index contributed by atoms with van der Waals surface area (Å²) in [5, 5.41) is 9.50. The van der Waals surface area contributed by atoms with Gasteiger partial charge in [0.05, 0.1) is 0 Å². The summed E-state index contributed by atoms with van der Waals surface area (Å²) in [6.45, 7) is 5.69. The van der Waals surface area contributed by atoms with Crippen LogP contribution in [0, 0.1) is 17.6 Å². The molecule has 0 bridgehead atoms. The molecular weight excluding hydrogens is 246 g/mol. The summed E-state index contributed by atoms with van der Waals surface area (Å²) in [6.07, 6.45) is 6.40. The molecule has 19 heavy (non-hydrogen) atoms. The molecule has 0 amide bonds. The van der Waals surface area contributed by atoms with E-state index in [9.17, 15) is 13.9 Å². The standard InChI is InChI=1S/C16H20F2O/c1-3-10-5-7-12(8-6-10)13-9-11(4-2)16(19)15(18)14(13)17/h4,9-10,12,19H,2-3,5-8H2,1H3/t10-,12-. The van der Waals surface area contributed by atoms with Gasteiger partial charge in [0.25, 0.3) is 0 Å². The van der Waals surface area contributed by atoms with Gasteiger partial charge in [-0.25, -0.2) is 4.39 Å². The first-order valence-corrected chi connectivity index (χ1v) is 6.91. The van der Waals surface area contributed by atoms with Crippen LogP contribution in [0.15, 0.2) is 12.6 Å². The van der Waals surface area contributed by atoms with Gasteiger partial charge in [-0.05, 0) is 49.1 Å². The Morgan fingerprint density at radius 3 is 2.42 bits per heavy atom. The Balaban J connectivity index is 2.30. The second-order valence-corrected chi connectivity index (χ2v) is 5.36. The van der Waals surface area contributed by atoms with Gasteiger partial charge in [0.1, 0.15) is 0 Å². The van der Waals surface area contributed by atoms with Crippen molar-refractivity contribution in [3.63, 3.8) is 0 Å². The van der Waals surface area contributed by atoms with Crippen molar-refractivity contribution in [1.29, 1.82) is 0 Å². The zero-order valence-electron chi connectivity index (χ0n) is 11.3. The summed E-state index contributed by atoms with van der Waals surface area (Å²) in [5.41, 5.74) is 0.659. The van der Waals surface area contributed by atoms with Crippen LogP contribution in [0.3, 0.4) is 0 Å². The number of rotatable bonds is 3. The Kier molecular flexibility index (Phi) is 4.23. The fourth-order valence-electron chi connectivity index (χ4n) is 2.99. The van der Waals surface area contributed by atoms with Gasteiger partial charge < -0.3 is 5.11 Å². The molecule has 1 aromatic rings. The Labute approximate surface area is 113 Å².